The van der Waals surface area contributed by atoms with Crippen molar-refractivity contribution in [3.63, 3.8) is 0 Å². The number of rotatable bonds is 4. The molecule has 0 aliphatic carbocycles. The van der Waals surface area contributed by atoms with Crippen molar-refractivity contribution in [2.75, 3.05) is 22.5 Å². The van der Waals surface area contributed by atoms with Crippen LogP contribution in [0.3, 0.4) is 0 Å². The number of nitrogens with one attached hydrogen (secondary N) is 1. The Bertz CT molecular complexity index is 759. The summed E-state index contributed by atoms with van der Waals surface area (Å²) in [4.78, 5) is 8.04. The zero-order valence-corrected chi connectivity index (χ0v) is 14.9. The predicted molar refractivity (Wildman–Crippen MR) is 108 cm³/mol. The number of nitrogen functional groups attached to an aromatic ring is 3. The molecule has 0 radical (unpaired) electrons. The summed E-state index contributed by atoms with van der Waals surface area (Å²) in [6, 6.07) is 19.9. The molecule has 3 aromatic rings. The van der Waals surface area contributed by atoms with E-state index in [2.05, 4.69) is 15.3 Å². The van der Waals surface area contributed by atoms with E-state index < -0.39 is 0 Å². The second-order valence-electron chi connectivity index (χ2n) is 5.13. The van der Waals surface area contributed by atoms with Crippen LogP contribution in [0.4, 0.5) is 23.3 Å². The summed E-state index contributed by atoms with van der Waals surface area (Å²) in [6.07, 6.45) is 0. The molecule has 6 nitrogen and oxygen atoms in total. The van der Waals surface area contributed by atoms with Crippen LogP contribution < -0.4 is 22.5 Å². The predicted octanol–water partition coefficient (Wildman–Crippen LogP) is 3.27. The molecule has 8 heteroatoms. The van der Waals surface area contributed by atoms with E-state index in [1.165, 1.54) is 0 Å². The minimum atomic E-state index is -0.131. The van der Waals surface area contributed by atoms with Crippen LogP contribution in [-0.2, 0) is 0 Å². The highest BCUT2D eigenvalue weighted by Gasteiger charge is 2.17. The summed E-state index contributed by atoms with van der Waals surface area (Å²) in [5.74, 6) is 0.673. The molecule has 0 amide bonds. The fourth-order valence-corrected chi connectivity index (χ4v) is 2.40. The molecule has 1 heterocycles. The maximum atomic E-state index is 5.99. The topological polar surface area (TPSA) is 116 Å². The molecule has 0 saturated heterocycles. The second kappa shape index (κ2) is 8.96. The number of nitrogens with zero attached hydrogens (tertiary/aromatic N) is 2. The van der Waals surface area contributed by atoms with E-state index in [0.717, 1.165) is 11.1 Å². The Morgan fingerprint density at radius 1 is 0.720 bits per heavy atom. The lowest BCUT2D eigenvalue weighted by Gasteiger charge is -2.21. The van der Waals surface area contributed by atoms with Gasteiger partial charge in [0.2, 0.25) is 5.95 Å². The standard InChI is InChI=1S/C17H18N6.2ClH/c18-13-15(19)22-17(20)23-16(13)21-14(11-7-3-1-4-8-11)12-9-5-2-6-10-12;;/h1-10,14H,18H2,(H5,19,20,21,22,23);2*1H. The first-order valence-electron chi connectivity index (χ1n) is 7.20. The summed E-state index contributed by atoms with van der Waals surface area (Å²) in [6.45, 7) is 0. The molecule has 0 unspecified atom stereocenters. The minimum Gasteiger partial charge on any atom is -0.393 e. The first-order valence-corrected chi connectivity index (χ1v) is 7.20. The number of hydrogen-bond donors (Lipinski definition) is 4. The lowest BCUT2D eigenvalue weighted by atomic mass is 9.99. The molecule has 0 bridgehead atoms. The smallest absolute Gasteiger partial charge is 0.224 e. The zero-order valence-electron chi connectivity index (χ0n) is 13.3. The highest BCUT2D eigenvalue weighted by molar-refractivity contribution is 5.85. The zero-order chi connectivity index (χ0) is 16.2. The van der Waals surface area contributed by atoms with E-state index in [0.29, 0.717) is 5.82 Å². The second-order valence-corrected chi connectivity index (χ2v) is 5.13. The van der Waals surface area contributed by atoms with E-state index in [9.17, 15) is 0 Å². The summed E-state index contributed by atoms with van der Waals surface area (Å²) in [5, 5.41) is 3.33. The number of benzene rings is 2. The molecule has 0 aliphatic heterocycles. The van der Waals surface area contributed by atoms with Gasteiger partial charge in [-0.2, -0.15) is 9.97 Å². The highest BCUT2D eigenvalue weighted by Crippen LogP contribution is 2.30. The van der Waals surface area contributed by atoms with E-state index in [1.807, 2.05) is 60.7 Å². The van der Waals surface area contributed by atoms with Crippen molar-refractivity contribution in [1.29, 1.82) is 0 Å². The van der Waals surface area contributed by atoms with E-state index in [1.54, 1.807) is 0 Å². The molecule has 132 valence electrons. The fourth-order valence-electron chi connectivity index (χ4n) is 2.40. The van der Waals surface area contributed by atoms with Gasteiger partial charge in [0.25, 0.3) is 0 Å². The first-order chi connectivity index (χ1) is 11.1. The normalized spacial score (nSPS) is 9.80. The van der Waals surface area contributed by atoms with Crippen molar-refractivity contribution >= 4 is 48.1 Å². The van der Waals surface area contributed by atoms with Gasteiger partial charge in [-0.05, 0) is 11.1 Å². The van der Waals surface area contributed by atoms with Crippen molar-refractivity contribution in [2.45, 2.75) is 6.04 Å². The van der Waals surface area contributed by atoms with Gasteiger partial charge in [-0.15, -0.1) is 24.8 Å². The third-order valence-electron chi connectivity index (χ3n) is 3.54. The van der Waals surface area contributed by atoms with Crippen LogP contribution in [0.25, 0.3) is 0 Å². The summed E-state index contributed by atoms with van der Waals surface area (Å²) in [7, 11) is 0. The average Bonchev–Trinajstić information content (AvgIpc) is 2.58. The first kappa shape index (κ1) is 20.3. The monoisotopic (exact) mass is 378 g/mol. The molecule has 7 N–H and O–H groups in total. The van der Waals surface area contributed by atoms with Gasteiger partial charge >= 0.3 is 0 Å². The maximum absolute atomic E-state index is 5.99. The van der Waals surface area contributed by atoms with Crippen molar-refractivity contribution in [1.82, 2.24) is 9.97 Å². The summed E-state index contributed by atoms with van der Waals surface area (Å²) < 4.78 is 0. The van der Waals surface area contributed by atoms with Crippen LogP contribution in [0.1, 0.15) is 17.2 Å². The molecule has 3 rings (SSSR count). The van der Waals surface area contributed by atoms with Gasteiger partial charge in [-0.3, -0.25) is 0 Å². The van der Waals surface area contributed by atoms with Crippen molar-refractivity contribution in [2.24, 2.45) is 0 Å². The molecule has 0 saturated carbocycles. The summed E-state index contributed by atoms with van der Waals surface area (Å²) in [5.41, 5.74) is 19.9. The number of hydrogen-bond acceptors (Lipinski definition) is 6. The largest absolute Gasteiger partial charge is 0.393 e. The van der Waals surface area contributed by atoms with Crippen LogP contribution in [-0.4, -0.2) is 9.97 Å². The lowest BCUT2D eigenvalue weighted by molar-refractivity contribution is 0.926. The number of anilines is 4. The quantitative estimate of drug-likeness (QED) is 0.553. The number of halogens is 2. The van der Waals surface area contributed by atoms with Crippen molar-refractivity contribution < 1.29 is 0 Å². The Kier molecular flexibility index (Phi) is 7.29. The third kappa shape index (κ3) is 4.65. The lowest BCUT2D eigenvalue weighted by Crippen LogP contribution is -2.16. The summed E-state index contributed by atoms with van der Waals surface area (Å²) >= 11 is 0. The van der Waals surface area contributed by atoms with Crippen LogP contribution >= 0.6 is 24.8 Å². The van der Waals surface area contributed by atoms with Crippen molar-refractivity contribution in [3.8, 4) is 0 Å². The third-order valence-corrected chi connectivity index (χ3v) is 3.54. The van der Waals surface area contributed by atoms with Gasteiger partial charge in [0.1, 0.15) is 5.69 Å². The molecular weight excluding hydrogens is 359 g/mol. The van der Waals surface area contributed by atoms with E-state index >= 15 is 0 Å². The minimum absolute atomic E-state index is 0. The van der Waals surface area contributed by atoms with Crippen LogP contribution in [0.2, 0.25) is 0 Å². The molecule has 0 atom stereocenters. The van der Waals surface area contributed by atoms with Crippen LogP contribution in [0, 0.1) is 0 Å². The molecule has 25 heavy (non-hydrogen) atoms. The average molecular weight is 379 g/mol. The molecular formula is C17H20Cl2N6. The molecule has 0 aliphatic rings. The van der Waals surface area contributed by atoms with Crippen LogP contribution in [0.15, 0.2) is 60.7 Å². The van der Waals surface area contributed by atoms with Gasteiger partial charge < -0.3 is 22.5 Å². The SMILES string of the molecule is Cl.Cl.Nc1nc(N)c(N)c(NC(c2ccccc2)c2ccccc2)n1. The Balaban J connectivity index is 0.00000156. The van der Waals surface area contributed by atoms with Gasteiger partial charge in [0.05, 0.1) is 6.04 Å². The van der Waals surface area contributed by atoms with Gasteiger partial charge in [0, 0.05) is 0 Å². The Labute approximate surface area is 158 Å². The molecule has 0 spiro atoms. The molecule has 0 fully saturated rings. The van der Waals surface area contributed by atoms with E-state index in [-0.39, 0.29) is 48.3 Å². The Morgan fingerprint density at radius 3 is 1.68 bits per heavy atom. The van der Waals surface area contributed by atoms with Crippen molar-refractivity contribution in [3.05, 3.63) is 71.8 Å². The fraction of sp³-hybridized carbons (Fsp3) is 0.0588. The molecule has 2 aromatic carbocycles. The number of aromatic nitrogens is 2. The highest BCUT2D eigenvalue weighted by atomic mass is 35.5. The Hall–Kier alpha value is -2.70. The van der Waals surface area contributed by atoms with Gasteiger partial charge in [-0.25, -0.2) is 0 Å². The van der Waals surface area contributed by atoms with Gasteiger partial charge in [0.15, 0.2) is 11.6 Å². The number of nitrogens with two attached hydrogens (primary N) is 3. The molecule has 1 aromatic heterocycles. The van der Waals surface area contributed by atoms with E-state index in [4.69, 9.17) is 17.2 Å². The Morgan fingerprint density at radius 2 is 1.20 bits per heavy atom. The van der Waals surface area contributed by atoms with Crippen LogP contribution in [0.5, 0.6) is 0 Å². The maximum Gasteiger partial charge on any atom is 0.224 e. The van der Waals surface area contributed by atoms with Gasteiger partial charge in [-0.1, -0.05) is 60.7 Å².